The lowest BCUT2D eigenvalue weighted by molar-refractivity contribution is -0.151. The zero-order valence-electron chi connectivity index (χ0n) is 17.2. The van der Waals surface area contributed by atoms with Crippen molar-refractivity contribution in [1.29, 1.82) is 0 Å². The van der Waals surface area contributed by atoms with E-state index in [1.54, 1.807) is 0 Å². The molecule has 29 heavy (non-hydrogen) atoms. The van der Waals surface area contributed by atoms with Crippen molar-refractivity contribution in [3.63, 3.8) is 0 Å². The molecule has 4 unspecified atom stereocenters. The van der Waals surface area contributed by atoms with Gasteiger partial charge in [0.2, 0.25) is 0 Å². The Bertz CT molecular complexity index is 463. The Morgan fingerprint density at radius 3 is 1.59 bits per heavy atom. The number of esters is 2. The van der Waals surface area contributed by atoms with E-state index in [9.17, 15) is 9.59 Å². The van der Waals surface area contributed by atoms with E-state index in [0.717, 1.165) is 49.0 Å². The molecule has 4 nitrogen and oxygen atoms in total. The second-order valence-corrected chi connectivity index (χ2v) is 13.8. The molecule has 2 heterocycles. The van der Waals surface area contributed by atoms with E-state index in [2.05, 4.69) is 0 Å². The molecule has 3 fully saturated rings. The second kappa shape index (κ2) is 13.7. The van der Waals surface area contributed by atoms with E-state index in [1.165, 1.54) is 37.2 Å². The quantitative estimate of drug-likeness (QED) is 0.181. The minimum Gasteiger partial charge on any atom is -0.462 e. The molecule has 2 aliphatic heterocycles. The van der Waals surface area contributed by atoms with Gasteiger partial charge in [0.15, 0.2) is 0 Å². The molecule has 3 aliphatic rings. The largest absolute Gasteiger partial charge is 0.462 e. The molecule has 166 valence electrons. The number of carbonyl (C=O) groups is 2. The molecule has 3 rings (SSSR count). The summed E-state index contributed by atoms with van der Waals surface area (Å²) in [5, 5.41) is 1.56. The summed E-state index contributed by atoms with van der Waals surface area (Å²) >= 11 is 0. The Kier molecular flexibility index (Phi) is 11.3. The maximum absolute atomic E-state index is 12.1. The van der Waals surface area contributed by atoms with Gasteiger partial charge in [-0.15, -0.1) is 0 Å². The van der Waals surface area contributed by atoms with Crippen LogP contribution in [0.1, 0.15) is 83.5 Å². The summed E-state index contributed by atoms with van der Waals surface area (Å²) in [6.45, 7) is 0. The maximum atomic E-state index is 12.1. The van der Waals surface area contributed by atoms with Crippen LogP contribution in [0.5, 0.6) is 0 Å². The molecule has 8 heteroatoms. The average Bonchev–Trinajstić information content (AvgIpc) is 3.46. The van der Waals surface area contributed by atoms with E-state index in [4.69, 9.17) is 9.47 Å². The van der Waals surface area contributed by atoms with E-state index in [1.807, 2.05) is 43.2 Å². The van der Waals surface area contributed by atoms with Crippen LogP contribution < -0.4 is 0 Å². The highest BCUT2D eigenvalue weighted by atomic mass is 33.1. The Hall–Kier alpha value is 0.340. The standard InChI is InChI=1S/C21H34O4S4/c22-20(7-3-1-5-18-11-13-26-28-18)24-16-9-10-17(15-16)25-21(23)8-4-2-6-19-12-14-27-29-19/h16-19H,1-15H2. The SMILES string of the molecule is O=C(CCCCC1CCSS1)OC1CCC(OC(=O)CCCCC2CCSS2)C1. The Morgan fingerprint density at radius 2 is 1.17 bits per heavy atom. The van der Waals surface area contributed by atoms with Crippen LogP contribution >= 0.6 is 43.2 Å². The highest BCUT2D eigenvalue weighted by molar-refractivity contribution is 8.77. The number of hydrogen-bond acceptors (Lipinski definition) is 8. The Labute approximate surface area is 191 Å². The van der Waals surface area contributed by atoms with Crippen molar-refractivity contribution in [2.75, 3.05) is 11.5 Å². The second-order valence-electron chi connectivity index (χ2n) is 8.19. The molecule has 0 aromatic carbocycles. The van der Waals surface area contributed by atoms with Gasteiger partial charge in [-0.3, -0.25) is 9.59 Å². The molecule has 0 radical (unpaired) electrons. The Morgan fingerprint density at radius 1 is 0.690 bits per heavy atom. The third-order valence-electron chi connectivity index (χ3n) is 5.70. The van der Waals surface area contributed by atoms with Crippen molar-refractivity contribution in [1.82, 2.24) is 0 Å². The molecule has 4 atom stereocenters. The van der Waals surface area contributed by atoms with Gasteiger partial charge in [-0.1, -0.05) is 56.0 Å². The number of carbonyl (C=O) groups excluding carboxylic acids is 2. The first-order chi connectivity index (χ1) is 14.2. The van der Waals surface area contributed by atoms with Crippen molar-refractivity contribution in [2.45, 2.75) is 106 Å². The number of unbranched alkanes of at least 4 members (excludes halogenated alkanes) is 2. The average molecular weight is 479 g/mol. The molecule has 0 aromatic rings. The van der Waals surface area contributed by atoms with Gasteiger partial charge in [0.1, 0.15) is 12.2 Å². The van der Waals surface area contributed by atoms with Gasteiger partial charge in [-0.2, -0.15) is 0 Å². The smallest absolute Gasteiger partial charge is 0.306 e. The molecular weight excluding hydrogens is 444 g/mol. The third kappa shape index (κ3) is 9.56. The van der Waals surface area contributed by atoms with Crippen LogP contribution in [-0.2, 0) is 19.1 Å². The fourth-order valence-corrected chi connectivity index (χ4v) is 10.1. The van der Waals surface area contributed by atoms with Gasteiger partial charge in [0, 0.05) is 41.3 Å². The number of ether oxygens (including phenoxy) is 2. The summed E-state index contributed by atoms with van der Waals surface area (Å²) < 4.78 is 11.2. The minimum atomic E-state index is -0.0848. The molecule has 0 N–H and O–H groups in total. The lowest BCUT2D eigenvalue weighted by Crippen LogP contribution is -2.19. The summed E-state index contributed by atoms with van der Waals surface area (Å²) in [5.41, 5.74) is 0. The normalized spacial score (nSPS) is 29.2. The van der Waals surface area contributed by atoms with Crippen LogP contribution in [0.4, 0.5) is 0 Å². The minimum absolute atomic E-state index is 0.0704. The number of rotatable bonds is 12. The van der Waals surface area contributed by atoms with Gasteiger partial charge in [0.05, 0.1) is 0 Å². The van der Waals surface area contributed by atoms with Crippen LogP contribution in [0.2, 0.25) is 0 Å². The van der Waals surface area contributed by atoms with Crippen LogP contribution in [0.3, 0.4) is 0 Å². The molecule has 1 saturated carbocycles. The van der Waals surface area contributed by atoms with Gasteiger partial charge in [0.25, 0.3) is 0 Å². The molecule has 0 amide bonds. The topological polar surface area (TPSA) is 52.6 Å². The fraction of sp³-hybridized carbons (Fsp3) is 0.905. The van der Waals surface area contributed by atoms with Crippen molar-refractivity contribution >= 4 is 55.1 Å². The van der Waals surface area contributed by atoms with E-state index in [-0.39, 0.29) is 24.1 Å². The molecule has 0 bridgehead atoms. The van der Waals surface area contributed by atoms with Crippen molar-refractivity contribution in [3.05, 3.63) is 0 Å². The van der Waals surface area contributed by atoms with Gasteiger partial charge in [-0.25, -0.2) is 0 Å². The van der Waals surface area contributed by atoms with Crippen LogP contribution in [0.25, 0.3) is 0 Å². The first-order valence-electron chi connectivity index (χ1n) is 11.1. The highest BCUT2D eigenvalue weighted by Gasteiger charge is 2.30. The molecule has 2 saturated heterocycles. The molecule has 0 aromatic heterocycles. The summed E-state index contributed by atoms with van der Waals surface area (Å²) in [7, 11) is 7.94. The van der Waals surface area contributed by atoms with E-state index >= 15 is 0 Å². The van der Waals surface area contributed by atoms with Crippen molar-refractivity contribution in [2.24, 2.45) is 0 Å². The predicted octanol–water partition coefficient (Wildman–Crippen LogP) is 6.42. The fourth-order valence-electron chi connectivity index (χ4n) is 4.02. The van der Waals surface area contributed by atoms with Crippen molar-refractivity contribution in [3.8, 4) is 0 Å². The first-order valence-corrected chi connectivity index (χ1v) is 15.9. The Balaban J connectivity index is 1.18. The van der Waals surface area contributed by atoms with Crippen molar-refractivity contribution < 1.29 is 19.1 Å². The summed E-state index contributed by atoms with van der Waals surface area (Å²) in [6, 6.07) is 0. The van der Waals surface area contributed by atoms with Crippen LogP contribution in [-0.4, -0.2) is 46.2 Å². The molecule has 1 aliphatic carbocycles. The molecule has 0 spiro atoms. The van der Waals surface area contributed by atoms with Gasteiger partial charge >= 0.3 is 11.9 Å². The van der Waals surface area contributed by atoms with E-state index < -0.39 is 0 Å². The third-order valence-corrected chi connectivity index (χ3v) is 11.7. The van der Waals surface area contributed by atoms with Crippen LogP contribution in [0.15, 0.2) is 0 Å². The summed E-state index contributed by atoms with van der Waals surface area (Å²) in [5.74, 6) is 2.37. The lowest BCUT2D eigenvalue weighted by Gasteiger charge is -2.14. The molecular formula is C21H34O4S4. The van der Waals surface area contributed by atoms with Gasteiger partial charge in [-0.05, 0) is 51.4 Å². The number of hydrogen-bond donors (Lipinski definition) is 0. The summed E-state index contributed by atoms with van der Waals surface area (Å²) in [6.07, 6.45) is 12.3. The summed E-state index contributed by atoms with van der Waals surface area (Å²) in [4.78, 5) is 24.1. The van der Waals surface area contributed by atoms with Gasteiger partial charge < -0.3 is 9.47 Å². The highest BCUT2D eigenvalue weighted by Crippen LogP contribution is 2.40. The zero-order valence-corrected chi connectivity index (χ0v) is 20.4. The van der Waals surface area contributed by atoms with Crippen LogP contribution in [0, 0.1) is 0 Å². The first kappa shape index (κ1) is 24.0. The predicted molar refractivity (Wildman–Crippen MR) is 127 cm³/mol. The maximum Gasteiger partial charge on any atom is 0.306 e. The monoisotopic (exact) mass is 478 g/mol. The van der Waals surface area contributed by atoms with E-state index in [0.29, 0.717) is 19.3 Å². The zero-order chi connectivity index (χ0) is 20.3. The lowest BCUT2D eigenvalue weighted by atomic mass is 10.1.